The molecule has 0 fully saturated rings. The number of aliphatic carboxylic acids is 2. The summed E-state index contributed by atoms with van der Waals surface area (Å²) >= 11 is 3.88. The number of nitrogens with two attached hydrogens (primary N) is 1. The summed E-state index contributed by atoms with van der Waals surface area (Å²) in [6.45, 7) is -0.572. The molecule has 0 bridgehead atoms. The van der Waals surface area contributed by atoms with Gasteiger partial charge < -0.3 is 20.8 Å². The van der Waals surface area contributed by atoms with Crippen molar-refractivity contribution in [1.29, 1.82) is 0 Å². The molecule has 2 amide bonds. The van der Waals surface area contributed by atoms with Gasteiger partial charge in [-0.05, 0) is 6.42 Å². The maximum Gasteiger partial charge on any atom is 0.322 e. The molecule has 2 atom stereocenters. The van der Waals surface area contributed by atoms with Gasteiger partial charge in [-0.3, -0.25) is 25.0 Å². The van der Waals surface area contributed by atoms with E-state index in [2.05, 4.69) is 23.3 Å². The van der Waals surface area contributed by atoms with E-state index in [0.717, 1.165) is 0 Å². The molecular formula is C10H18N4O6S. The van der Waals surface area contributed by atoms with Crippen LogP contribution in [0.1, 0.15) is 12.8 Å². The molecule has 120 valence electrons. The van der Waals surface area contributed by atoms with Gasteiger partial charge >= 0.3 is 11.9 Å². The van der Waals surface area contributed by atoms with Crippen molar-refractivity contribution in [2.75, 3.05) is 12.3 Å². The fourth-order valence-electron chi connectivity index (χ4n) is 1.30. The van der Waals surface area contributed by atoms with Gasteiger partial charge in [0.15, 0.2) is 0 Å². The van der Waals surface area contributed by atoms with Crippen molar-refractivity contribution in [2.45, 2.75) is 24.9 Å². The van der Waals surface area contributed by atoms with Gasteiger partial charge in [0.2, 0.25) is 11.8 Å². The molecule has 7 N–H and O–H groups in total. The fraction of sp³-hybridized carbons (Fsp3) is 0.600. The number of carbonyl (C=O) groups is 4. The van der Waals surface area contributed by atoms with Crippen LogP contribution in [0.4, 0.5) is 0 Å². The predicted molar refractivity (Wildman–Crippen MR) is 74.4 cm³/mol. The van der Waals surface area contributed by atoms with Crippen molar-refractivity contribution in [3.8, 4) is 0 Å². The average molecular weight is 322 g/mol. The zero-order chi connectivity index (χ0) is 16.4. The minimum Gasteiger partial charge on any atom is -0.480 e. The van der Waals surface area contributed by atoms with Gasteiger partial charge in [0.25, 0.3) is 0 Å². The Hall–Kier alpha value is -1.85. The highest BCUT2D eigenvalue weighted by atomic mass is 32.1. The van der Waals surface area contributed by atoms with E-state index in [1.54, 1.807) is 0 Å². The second kappa shape index (κ2) is 9.96. The van der Waals surface area contributed by atoms with E-state index in [9.17, 15) is 19.2 Å². The third-order valence-electron chi connectivity index (χ3n) is 2.41. The van der Waals surface area contributed by atoms with Crippen LogP contribution in [-0.4, -0.2) is 58.3 Å². The Morgan fingerprint density at radius 1 is 1.14 bits per heavy atom. The summed E-state index contributed by atoms with van der Waals surface area (Å²) in [5.74, 6) is 1.30. The molecule has 0 unspecified atom stereocenters. The van der Waals surface area contributed by atoms with Crippen molar-refractivity contribution in [3.05, 3.63) is 0 Å². The van der Waals surface area contributed by atoms with E-state index in [1.165, 1.54) is 0 Å². The quantitative estimate of drug-likeness (QED) is 0.129. The van der Waals surface area contributed by atoms with Crippen LogP contribution < -0.4 is 21.9 Å². The highest BCUT2D eigenvalue weighted by Crippen LogP contribution is 1.98. The average Bonchev–Trinajstić information content (AvgIpc) is 2.42. The van der Waals surface area contributed by atoms with E-state index >= 15 is 0 Å². The van der Waals surface area contributed by atoms with Gasteiger partial charge in [0.1, 0.15) is 18.6 Å². The molecular weight excluding hydrogens is 304 g/mol. The van der Waals surface area contributed by atoms with Crippen molar-refractivity contribution < 1.29 is 29.4 Å². The molecule has 21 heavy (non-hydrogen) atoms. The van der Waals surface area contributed by atoms with Gasteiger partial charge in [0.05, 0.1) is 0 Å². The second-order valence-corrected chi connectivity index (χ2v) is 4.38. The van der Waals surface area contributed by atoms with Gasteiger partial charge in [-0.15, -0.1) is 0 Å². The van der Waals surface area contributed by atoms with E-state index < -0.39 is 42.4 Å². The van der Waals surface area contributed by atoms with Crippen LogP contribution in [0.15, 0.2) is 0 Å². The van der Waals surface area contributed by atoms with E-state index in [1.807, 2.05) is 5.43 Å². The Morgan fingerprint density at radius 2 is 1.76 bits per heavy atom. The molecule has 0 aromatic carbocycles. The van der Waals surface area contributed by atoms with E-state index in [0.29, 0.717) is 0 Å². The number of thiol groups is 1. The number of nitrogens with one attached hydrogen (secondary N) is 3. The van der Waals surface area contributed by atoms with Crippen LogP contribution in [0.2, 0.25) is 0 Å². The van der Waals surface area contributed by atoms with Crippen LogP contribution in [0.25, 0.3) is 0 Å². The normalized spacial score (nSPS) is 13.0. The standard InChI is InChI=1S/C10H18N4O6S/c11-14-5(10(19)20)1-2-7(15)13-6(4-21)9(18)12-3-8(16)17/h5-6,14,21H,1-4,11H2,(H,12,18)(H,13,15)(H,16,17)(H,19,20)/t5-,6-/m0/s1. The highest BCUT2D eigenvalue weighted by Gasteiger charge is 2.21. The maximum absolute atomic E-state index is 11.6. The summed E-state index contributed by atoms with van der Waals surface area (Å²) in [4.78, 5) is 44.1. The largest absolute Gasteiger partial charge is 0.480 e. The predicted octanol–water partition coefficient (Wildman–Crippen LogP) is -2.70. The zero-order valence-corrected chi connectivity index (χ0v) is 11.9. The molecule has 0 heterocycles. The van der Waals surface area contributed by atoms with E-state index in [-0.39, 0.29) is 18.6 Å². The number of hydrogen-bond donors (Lipinski definition) is 7. The molecule has 0 saturated heterocycles. The zero-order valence-electron chi connectivity index (χ0n) is 11.0. The summed E-state index contributed by atoms with van der Waals surface area (Å²) in [5.41, 5.74) is 2.04. The minimum absolute atomic E-state index is 0.0330. The molecule has 0 aromatic heterocycles. The van der Waals surface area contributed by atoms with Crippen LogP contribution in [0.5, 0.6) is 0 Å². The van der Waals surface area contributed by atoms with Gasteiger partial charge in [-0.25, -0.2) is 5.43 Å². The first-order valence-corrected chi connectivity index (χ1v) is 6.53. The molecule has 0 radical (unpaired) electrons. The number of rotatable bonds is 10. The Morgan fingerprint density at radius 3 is 2.19 bits per heavy atom. The van der Waals surface area contributed by atoms with Gasteiger partial charge in [0, 0.05) is 12.2 Å². The molecule has 0 rings (SSSR count). The topological polar surface area (TPSA) is 171 Å². The fourth-order valence-corrected chi connectivity index (χ4v) is 1.56. The highest BCUT2D eigenvalue weighted by molar-refractivity contribution is 7.80. The summed E-state index contributed by atoms with van der Waals surface area (Å²) in [6.07, 6.45) is -0.231. The molecule has 0 aliphatic rings. The van der Waals surface area contributed by atoms with Crippen molar-refractivity contribution in [1.82, 2.24) is 16.1 Å². The van der Waals surface area contributed by atoms with E-state index in [4.69, 9.17) is 16.1 Å². The van der Waals surface area contributed by atoms with Crippen molar-refractivity contribution in [3.63, 3.8) is 0 Å². The number of carboxylic acids is 2. The first-order valence-electron chi connectivity index (χ1n) is 5.90. The van der Waals surface area contributed by atoms with Gasteiger partial charge in [-0.1, -0.05) is 0 Å². The summed E-state index contributed by atoms with van der Waals surface area (Å²) < 4.78 is 0. The number of amides is 2. The lowest BCUT2D eigenvalue weighted by molar-refractivity contribution is -0.140. The first kappa shape index (κ1) is 19.1. The molecule has 0 aliphatic heterocycles. The lowest BCUT2D eigenvalue weighted by Crippen LogP contribution is -2.49. The monoisotopic (exact) mass is 322 g/mol. The maximum atomic E-state index is 11.6. The molecule has 0 aliphatic carbocycles. The van der Waals surface area contributed by atoms with Gasteiger partial charge in [-0.2, -0.15) is 12.6 Å². The number of carboxylic acid groups (broad SMARTS) is 2. The molecule has 0 aromatic rings. The smallest absolute Gasteiger partial charge is 0.322 e. The lowest BCUT2D eigenvalue weighted by atomic mass is 10.1. The minimum atomic E-state index is -1.22. The number of carbonyl (C=O) groups excluding carboxylic acids is 2. The SMILES string of the molecule is NN[C@@H](CCC(=O)N[C@@H](CS)C(=O)NCC(=O)O)C(=O)O. The summed E-state index contributed by atoms with van der Waals surface area (Å²) in [7, 11) is 0. The van der Waals surface area contributed by atoms with Crippen molar-refractivity contribution in [2.24, 2.45) is 5.84 Å². The second-order valence-electron chi connectivity index (χ2n) is 4.01. The summed E-state index contributed by atoms with van der Waals surface area (Å²) in [6, 6.07) is -2.08. The molecule has 0 saturated carbocycles. The Bertz CT molecular complexity index is 405. The Kier molecular flexibility index (Phi) is 9.08. The van der Waals surface area contributed by atoms with Crippen LogP contribution in [0, 0.1) is 0 Å². The van der Waals surface area contributed by atoms with Crippen LogP contribution in [-0.2, 0) is 19.2 Å². The molecule has 10 nitrogen and oxygen atoms in total. The molecule has 11 heteroatoms. The third kappa shape index (κ3) is 8.12. The molecule has 0 spiro atoms. The number of hydrogen-bond acceptors (Lipinski definition) is 7. The van der Waals surface area contributed by atoms with Crippen LogP contribution in [0.3, 0.4) is 0 Å². The van der Waals surface area contributed by atoms with Crippen LogP contribution >= 0.6 is 12.6 Å². The number of hydrazine groups is 1. The third-order valence-corrected chi connectivity index (χ3v) is 2.77. The Balaban J connectivity index is 4.29. The van der Waals surface area contributed by atoms with Crippen molar-refractivity contribution >= 4 is 36.4 Å². The summed E-state index contributed by atoms with van der Waals surface area (Å²) in [5, 5.41) is 21.6. The lowest BCUT2D eigenvalue weighted by Gasteiger charge is -2.16. The first-order chi connectivity index (χ1) is 9.81. The Labute approximate surface area is 125 Å².